The number of amides is 2. The van der Waals surface area contributed by atoms with Gasteiger partial charge in [0.2, 0.25) is 21.8 Å². The largest absolute Gasteiger partial charge is 0.495 e. The number of hydrogen-bond acceptors (Lipinski definition) is 5. The van der Waals surface area contributed by atoms with Crippen molar-refractivity contribution in [3.05, 3.63) is 57.5 Å². The topological polar surface area (TPSA) is 96.0 Å². The molecule has 2 rings (SSSR count). The zero-order chi connectivity index (χ0) is 24.8. The van der Waals surface area contributed by atoms with Crippen LogP contribution in [-0.2, 0) is 26.2 Å². The summed E-state index contributed by atoms with van der Waals surface area (Å²) in [6, 6.07) is 11.0. The van der Waals surface area contributed by atoms with Crippen LogP contribution in [-0.4, -0.2) is 57.6 Å². The van der Waals surface area contributed by atoms with Gasteiger partial charge in [-0.1, -0.05) is 39.7 Å². The fourth-order valence-corrected chi connectivity index (χ4v) is 4.42. The molecule has 0 bridgehead atoms. The summed E-state index contributed by atoms with van der Waals surface area (Å²) in [6.45, 7) is 3.37. The predicted molar refractivity (Wildman–Crippen MR) is 133 cm³/mol. The van der Waals surface area contributed by atoms with Crippen molar-refractivity contribution >= 4 is 55.1 Å². The van der Waals surface area contributed by atoms with Gasteiger partial charge in [-0.15, -0.1) is 0 Å². The molecule has 0 unspecified atom stereocenters. The fraction of sp³-hybridized carbons (Fsp3) is 0.364. The summed E-state index contributed by atoms with van der Waals surface area (Å²) < 4.78 is 32.4. The van der Waals surface area contributed by atoms with Gasteiger partial charge in [-0.05, 0) is 49.7 Å². The van der Waals surface area contributed by atoms with E-state index in [-0.39, 0.29) is 28.9 Å². The van der Waals surface area contributed by atoms with Crippen molar-refractivity contribution in [1.29, 1.82) is 0 Å². The molecule has 0 saturated carbocycles. The van der Waals surface area contributed by atoms with Crippen LogP contribution in [0.25, 0.3) is 0 Å². The molecule has 0 aromatic heterocycles. The highest BCUT2D eigenvalue weighted by Gasteiger charge is 2.31. The van der Waals surface area contributed by atoms with Gasteiger partial charge in [0.1, 0.15) is 18.3 Å². The van der Waals surface area contributed by atoms with E-state index in [0.29, 0.717) is 6.54 Å². The molecule has 0 aliphatic rings. The monoisotopic (exact) mass is 559 g/mol. The number of ether oxygens (including phenoxy) is 1. The molecule has 0 heterocycles. The van der Waals surface area contributed by atoms with Crippen molar-refractivity contribution in [2.24, 2.45) is 0 Å². The number of sulfonamides is 1. The SMILES string of the molecule is CCNC(=O)[C@H](C)N(Cc1ccc(Br)cc1)C(=O)CN(c1cc(Cl)ccc1OC)S(C)(=O)=O. The Bertz CT molecular complexity index is 1100. The number of rotatable bonds is 10. The van der Waals surface area contributed by atoms with Crippen molar-refractivity contribution in [1.82, 2.24) is 10.2 Å². The first kappa shape index (κ1) is 26.9. The standard InChI is InChI=1S/C22H27BrClN3O5S/c1-5-25-22(29)15(2)26(13-16-6-8-17(23)9-7-16)21(28)14-27(33(4,30)31)19-12-18(24)10-11-20(19)32-3/h6-12,15H,5,13-14H2,1-4H3,(H,25,29)/t15-/m0/s1. The maximum Gasteiger partial charge on any atom is 0.244 e. The van der Waals surface area contributed by atoms with Gasteiger partial charge in [0, 0.05) is 22.6 Å². The van der Waals surface area contributed by atoms with Crippen LogP contribution in [0.15, 0.2) is 46.9 Å². The second kappa shape index (κ2) is 11.7. The van der Waals surface area contributed by atoms with Crippen molar-refractivity contribution in [3.63, 3.8) is 0 Å². The van der Waals surface area contributed by atoms with Crippen molar-refractivity contribution in [3.8, 4) is 5.75 Å². The van der Waals surface area contributed by atoms with Crippen LogP contribution >= 0.6 is 27.5 Å². The van der Waals surface area contributed by atoms with E-state index >= 15 is 0 Å². The molecule has 0 saturated heterocycles. The highest BCUT2D eigenvalue weighted by Crippen LogP contribution is 2.33. The molecule has 2 aromatic rings. The van der Waals surface area contributed by atoms with Crippen molar-refractivity contribution in [2.75, 3.05) is 30.8 Å². The van der Waals surface area contributed by atoms with E-state index in [0.717, 1.165) is 20.6 Å². The van der Waals surface area contributed by atoms with Crippen molar-refractivity contribution < 1.29 is 22.7 Å². The molecule has 11 heteroatoms. The average Bonchev–Trinajstić information content (AvgIpc) is 2.75. The maximum atomic E-state index is 13.4. The Hall–Kier alpha value is -2.30. The number of anilines is 1. The summed E-state index contributed by atoms with van der Waals surface area (Å²) in [7, 11) is -2.50. The van der Waals surface area contributed by atoms with E-state index in [1.54, 1.807) is 19.9 Å². The van der Waals surface area contributed by atoms with Gasteiger partial charge in [-0.25, -0.2) is 8.42 Å². The van der Waals surface area contributed by atoms with Crippen molar-refractivity contribution in [2.45, 2.75) is 26.4 Å². The summed E-state index contributed by atoms with van der Waals surface area (Å²) in [5, 5.41) is 2.99. The highest BCUT2D eigenvalue weighted by molar-refractivity contribution is 9.10. The second-order valence-electron chi connectivity index (χ2n) is 7.30. The van der Waals surface area contributed by atoms with Crippen LogP contribution in [0, 0.1) is 0 Å². The number of likely N-dealkylation sites (N-methyl/N-ethyl adjacent to an activating group) is 1. The summed E-state index contributed by atoms with van der Waals surface area (Å²) >= 11 is 9.46. The van der Waals surface area contributed by atoms with Gasteiger partial charge in [0.05, 0.1) is 19.1 Å². The number of hydrogen-bond donors (Lipinski definition) is 1. The molecule has 0 spiro atoms. The molecular weight excluding hydrogens is 534 g/mol. The minimum Gasteiger partial charge on any atom is -0.495 e. The lowest BCUT2D eigenvalue weighted by Crippen LogP contribution is -2.51. The van der Waals surface area contributed by atoms with Crippen LogP contribution in [0.2, 0.25) is 5.02 Å². The zero-order valence-corrected chi connectivity index (χ0v) is 22.0. The lowest BCUT2D eigenvalue weighted by atomic mass is 10.1. The lowest BCUT2D eigenvalue weighted by Gasteiger charge is -2.31. The summed E-state index contributed by atoms with van der Waals surface area (Å²) in [5.41, 5.74) is 0.920. The molecule has 2 amide bonds. The number of benzene rings is 2. The van der Waals surface area contributed by atoms with Gasteiger partial charge in [0.15, 0.2) is 0 Å². The lowest BCUT2D eigenvalue weighted by molar-refractivity contribution is -0.139. The molecule has 33 heavy (non-hydrogen) atoms. The molecule has 0 aliphatic heterocycles. The van der Waals surface area contributed by atoms with E-state index in [1.165, 1.54) is 24.1 Å². The van der Waals surface area contributed by atoms with Crippen LogP contribution in [0.3, 0.4) is 0 Å². The van der Waals surface area contributed by atoms with Crippen LogP contribution in [0.4, 0.5) is 5.69 Å². The molecule has 0 fully saturated rings. The molecular formula is C22H27BrClN3O5S. The molecule has 180 valence electrons. The minimum absolute atomic E-state index is 0.120. The predicted octanol–water partition coefficient (Wildman–Crippen LogP) is 3.43. The average molecular weight is 561 g/mol. The molecule has 1 atom stereocenters. The number of halogens is 2. The smallest absolute Gasteiger partial charge is 0.244 e. The van der Waals surface area contributed by atoms with Gasteiger partial charge in [0.25, 0.3) is 0 Å². The van der Waals surface area contributed by atoms with Gasteiger partial charge >= 0.3 is 0 Å². The van der Waals surface area contributed by atoms with E-state index in [4.69, 9.17) is 16.3 Å². The van der Waals surface area contributed by atoms with E-state index < -0.39 is 28.5 Å². The first-order valence-electron chi connectivity index (χ1n) is 10.1. The fourth-order valence-electron chi connectivity index (χ4n) is 3.14. The number of nitrogens with one attached hydrogen (secondary N) is 1. The Morgan fingerprint density at radius 2 is 1.82 bits per heavy atom. The minimum atomic E-state index is -3.89. The first-order valence-corrected chi connectivity index (χ1v) is 13.1. The number of carbonyl (C=O) groups is 2. The van der Waals surface area contributed by atoms with Crippen LogP contribution in [0.5, 0.6) is 5.75 Å². The van der Waals surface area contributed by atoms with Crippen LogP contribution < -0.4 is 14.4 Å². The Morgan fingerprint density at radius 1 is 1.18 bits per heavy atom. The molecule has 1 N–H and O–H groups in total. The molecule has 0 radical (unpaired) electrons. The highest BCUT2D eigenvalue weighted by atomic mass is 79.9. The van der Waals surface area contributed by atoms with Crippen LogP contribution in [0.1, 0.15) is 19.4 Å². The summed E-state index contributed by atoms with van der Waals surface area (Å²) in [6.07, 6.45) is 0.993. The molecule has 2 aromatic carbocycles. The molecule has 8 nitrogen and oxygen atoms in total. The third-order valence-electron chi connectivity index (χ3n) is 4.87. The summed E-state index contributed by atoms with van der Waals surface area (Å²) in [4.78, 5) is 27.3. The molecule has 0 aliphatic carbocycles. The van der Waals surface area contributed by atoms with E-state index in [1.807, 2.05) is 24.3 Å². The van der Waals surface area contributed by atoms with E-state index in [9.17, 15) is 18.0 Å². The number of methoxy groups -OCH3 is 1. The number of nitrogens with zero attached hydrogens (tertiary/aromatic N) is 2. The number of carbonyl (C=O) groups excluding carboxylic acids is 2. The van der Waals surface area contributed by atoms with Gasteiger partial charge in [-0.3, -0.25) is 13.9 Å². The second-order valence-corrected chi connectivity index (χ2v) is 10.6. The van der Waals surface area contributed by atoms with E-state index in [2.05, 4.69) is 21.2 Å². The quantitative estimate of drug-likeness (QED) is 0.480. The zero-order valence-electron chi connectivity index (χ0n) is 18.8. The Kier molecular flexibility index (Phi) is 9.57. The normalized spacial score (nSPS) is 12.1. The Balaban J connectivity index is 2.44. The third-order valence-corrected chi connectivity index (χ3v) is 6.76. The van der Waals surface area contributed by atoms with Gasteiger partial charge < -0.3 is 15.0 Å². The maximum absolute atomic E-state index is 13.4. The third kappa shape index (κ3) is 7.35. The van der Waals surface area contributed by atoms with Gasteiger partial charge in [-0.2, -0.15) is 0 Å². The first-order chi connectivity index (χ1) is 15.5. The Labute approximate surface area is 208 Å². The Morgan fingerprint density at radius 3 is 2.36 bits per heavy atom. The summed E-state index contributed by atoms with van der Waals surface area (Å²) in [5.74, 6) is -0.646.